The lowest BCUT2D eigenvalue weighted by atomic mass is 9.89. The zero-order valence-corrected chi connectivity index (χ0v) is 10.8. The minimum absolute atomic E-state index is 0.842. The van der Waals surface area contributed by atoms with Gasteiger partial charge in [-0.15, -0.1) is 0 Å². The molecule has 0 amide bonds. The minimum atomic E-state index is 0.842. The Morgan fingerprint density at radius 2 is 1.88 bits per heavy atom. The number of piperidine rings is 1. The van der Waals surface area contributed by atoms with E-state index in [1.807, 2.05) is 0 Å². The summed E-state index contributed by atoms with van der Waals surface area (Å²) in [6.07, 6.45) is 3.98. The fourth-order valence-corrected chi connectivity index (χ4v) is 2.65. The molecule has 0 radical (unpaired) electrons. The molecule has 1 nitrogen and oxygen atoms in total. The number of benzene rings is 1. The molecule has 88 valence electrons. The van der Waals surface area contributed by atoms with Gasteiger partial charge in [0, 0.05) is 0 Å². The van der Waals surface area contributed by atoms with E-state index in [0.29, 0.717) is 0 Å². The summed E-state index contributed by atoms with van der Waals surface area (Å²) in [7, 11) is 0. The van der Waals surface area contributed by atoms with Gasteiger partial charge in [0.25, 0.3) is 0 Å². The van der Waals surface area contributed by atoms with Crippen molar-refractivity contribution in [2.24, 2.45) is 5.92 Å². The third kappa shape index (κ3) is 2.65. The Morgan fingerprint density at radius 3 is 2.56 bits per heavy atom. The van der Waals surface area contributed by atoms with Gasteiger partial charge in [-0.25, -0.2) is 0 Å². The fraction of sp³-hybridized carbons (Fsp3) is 0.600. The van der Waals surface area contributed by atoms with E-state index in [4.69, 9.17) is 0 Å². The number of nitrogens with one attached hydrogen (secondary N) is 1. The average Bonchev–Trinajstić information content (AvgIpc) is 2.27. The van der Waals surface area contributed by atoms with Crippen LogP contribution in [0.3, 0.4) is 0 Å². The van der Waals surface area contributed by atoms with Crippen LogP contribution >= 0.6 is 0 Å². The van der Waals surface area contributed by atoms with Crippen molar-refractivity contribution in [1.82, 2.24) is 5.32 Å². The molecular formula is C15H23N. The number of hydrogen-bond acceptors (Lipinski definition) is 1. The number of hydrogen-bond donors (Lipinski definition) is 1. The van der Waals surface area contributed by atoms with Gasteiger partial charge in [0.1, 0.15) is 0 Å². The summed E-state index contributed by atoms with van der Waals surface area (Å²) in [6.45, 7) is 9.08. The van der Waals surface area contributed by atoms with Crippen molar-refractivity contribution in [3.05, 3.63) is 34.4 Å². The molecule has 1 heteroatoms. The maximum Gasteiger partial charge on any atom is -0.00173 e. The number of aryl methyl sites for hydroxylation is 3. The van der Waals surface area contributed by atoms with Crippen LogP contribution in [0.1, 0.15) is 35.1 Å². The third-order valence-electron chi connectivity index (χ3n) is 3.86. The summed E-state index contributed by atoms with van der Waals surface area (Å²) in [4.78, 5) is 0. The normalized spacial score (nSPS) is 21.1. The zero-order valence-electron chi connectivity index (χ0n) is 10.8. The largest absolute Gasteiger partial charge is 0.316 e. The Balaban J connectivity index is 2.11. The van der Waals surface area contributed by atoms with E-state index >= 15 is 0 Å². The van der Waals surface area contributed by atoms with Crippen LogP contribution in [0.2, 0.25) is 0 Å². The Labute approximate surface area is 99.3 Å². The highest BCUT2D eigenvalue weighted by atomic mass is 14.9. The molecular weight excluding hydrogens is 194 g/mol. The Bertz CT molecular complexity index is 362. The summed E-state index contributed by atoms with van der Waals surface area (Å²) in [5.74, 6) is 0.842. The molecule has 0 aliphatic carbocycles. The molecule has 1 aliphatic rings. The predicted octanol–water partition coefficient (Wildman–Crippen LogP) is 3.15. The first-order chi connectivity index (χ1) is 7.66. The van der Waals surface area contributed by atoms with Crippen molar-refractivity contribution in [3.8, 4) is 0 Å². The molecule has 1 aromatic rings. The molecule has 2 rings (SSSR count). The first-order valence-electron chi connectivity index (χ1n) is 6.44. The topological polar surface area (TPSA) is 12.0 Å². The fourth-order valence-electron chi connectivity index (χ4n) is 2.65. The van der Waals surface area contributed by atoms with Gasteiger partial charge in [-0.2, -0.15) is 0 Å². The van der Waals surface area contributed by atoms with E-state index in [9.17, 15) is 0 Å². The van der Waals surface area contributed by atoms with Crippen molar-refractivity contribution in [2.75, 3.05) is 13.1 Å². The van der Waals surface area contributed by atoms with Crippen LogP contribution in [0.15, 0.2) is 12.1 Å². The predicted molar refractivity (Wildman–Crippen MR) is 70.0 cm³/mol. The van der Waals surface area contributed by atoms with Crippen LogP contribution in [0.25, 0.3) is 0 Å². The summed E-state index contributed by atoms with van der Waals surface area (Å²) < 4.78 is 0. The molecule has 1 heterocycles. The van der Waals surface area contributed by atoms with Gasteiger partial charge in [0.05, 0.1) is 0 Å². The molecule has 1 aromatic carbocycles. The third-order valence-corrected chi connectivity index (χ3v) is 3.86. The second-order valence-electron chi connectivity index (χ2n) is 5.28. The average molecular weight is 217 g/mol. The van der Waals surface area contributed by atoms with Gasteiger partial charge in [-0.05, 0) is 81.3 Å². The monoisotopic (exact) mass is 217 g/mol. The van der Waals surface area contributed by atoms with Crippen LogP contribution in [-0.4, -0.2) is 13.1 Å². The van der Waals surface area contributed by atoms with E-state index in [1.54, 1.807) is 5.56 Å². The van der Waals surface area contributed by atoms with Crippen molar-refractivity contribution >= 4 is 0 Å². The highest BCUT2D eigenvalue weighted by Crippen LogP contribution is 2.21. The van der Waals surface area contributed by atoms with Crippen LogP contribution < -0.4 is 5.32 Å². The first kappa shape index (κ1) is 11.7. The van der Waals surface area contributed by atoms with Gasteiger partial charge in [0.15, 0.2) is 0 Å². The van der Waals surface area contributed by atoms with Gasteiger partial charge in [0.2, 0.25) is 0 Å². The highest BCUT2D eigenvalue weighted by molar-refractivity contribution is 5.36. The Hall–Kier alpha value is -0.820. The van der Waals surface area contributed by atoms with Crippen molar-refractivity contribution in [3.63, 3.8) is 0 Å². The van der Waals surface area contributed by atoms with Gasteiger partial charge >= 0.3 is 0 Å². The summed E-state index contributed by atoms with van der Waals surface area (Å²) >= 11 is 0. The quantitative estimate of drug-likeness (QED) is 0.802. The highest BCUT2D eigenvalue weighted by Gasteiger charge is 2.14. The molecule has 1 unspecified atom stereocenters. The summed E-state index contributed by atoms with van der Waals surface area (Å²) in [6, 6.07) is 4.72. The molecule has 0 spiro atoms. The van der Waals surface area contributed by atoms with Crippen LogP contribution in [0.5, 0.6) is 0 Å². The van der Waals surface area contributed by atoms with E-state index in [-0.39, 0.29) is 0 Å². The molecule has 0 aromatic heterocycles. The van der Waals surface area contributed by atoms with Gasteiger partial charge in [-0.3, -0.25) is 0 Å². The van der Waals surface area contributed by atoms with E-state index in [0.717, 1.165) is 5.92 Å². The second-order valence-corrected chi connectivity index (χ2v) is 5.28. The smallest absolute Gasteiger partial charge is 0.00173 e. The minimum Gasteiger partial charge on any atom is -0.316 e. The Kier molecular flexibility index (Phi) is 3.65. The molecule has 1 atom stereocenters. The first-order valence-corrected chi connectivity index (χ1v) is 6.44. The number of rotatable bonds is 2. The lowest BCUT2D eigenvalue weighted by molar-refractivity contribution is 0.375. The van der Waals surface area contributed by atoms with Crippen molar-refractivity contribution in [1.29, 1.82) is 0 Å². The SMILES string of the molecule is Cc1cc(C)c(CC2CCCNC2)cc1C. The summed E-state index contributed by atoms with van der Waals surface area (Å²) in [5, 5.41) is 3.50. The van der Waals surface area contributed by atoms with Crippen LogP contribution in [0.4, 0.5) is 0 Å². The lowest BCUT2D eigenvalue weighted by Crippen LogP contribution is -2.31. The second kappa shape index (κ2) is 5.01. The molecule has 1 N–H and O–H groups in total. The molecule has 0 saturated carbocycles. The van der Waals surface area contributed by atoms with Gasteiger partial charge in [-0.1, -0.05) is 12.1 Å². The van der Waals surface area contributed by atoms with E-state index < -0.39 is 0 Å². The molecule has 1 saturated heterocycles. The maximum atomic E-state index is 3.50. The Morgan fingerprint density at radius 1 is 1.12 bits per heavy atom. The molecule has 0 bridgehead atoms. The lowest BCUT2D eigenvalue weighted by Gasteiger charge is -2.23. The molecule has 1 aliphatic heterocycles. The maximum absolute atomic E-state index is 3.50. The van der Waals surface area contributed by atoms with E-state index in [1.165, 1.54) is 49.0 Å². The van der Waals surface area contributed by atoms with Crippen molar-refractivity contribution < 1.29 is 0 Å². The standard InChI is InChI=1S/C15H23N/c1-11-7-13(3)15(8-12(11)2)9-14-5-4-6-16-10-14/h7-8,14,16H,4-6,9-10H2,1-3H3. The van der Waals surface area contributed by atoms with Crippen LogP contribution in [-0.2, 0) is 6.42 Å². The molecule has 1 fully saturated rings. The van der Waals surface area contributed by atoms with Gasteiger partial charge < -0.3 is 5.32 Å². The van der Waals surface area contributed by atoms with Crippen molar-refractivity contribution in [2.45, 2.75) is 40.0 Å². The molecule has 16 heavy (non-hydrogen) atoms. The summed E-state index contributed by atoms with van der Waals surface area (Å²) in [5.41, 5.74) is 5.87. The van der Waals surface area contributed by atoms with Crippen LogP contribution in [0, 0.1) is 26.7 Å². The van der Waals surface area contributed by atoms with E-state index in [2.05, 4.69) is 38.2 Å². The zero-order chi connectivity index (χ0) is 11.5.